The lowest BCUT2D eigenvalue weighted by Crippen LogP contribution is -2.42. The zero-order valence-electron chi connectivity index (χ0n) is 26.3. The standard InChI is InChI=1S/C30H32F2N10O8/c1-13(10-16-11-36-24-21(37-16)23(34)40-28(35)41-24)14-2-4-15(5-3-14)25(45)38-17(26(46)47)6-7-20(43)49-12-18-22(44)30(31,32)27(50-18)42-9-8-19(33)39-29(42)48/h2-5,8-9,11,13,17-18,22,27,44H,6-7,10,12H2,1H3,(H,38,45)(H,46,47)(H2,33,39,48)(H4,34,35,36,40,41)/t13?,17?,18?,22?,27-/m1/s1. The summed E-state index contributed by atoms with van der Waals surface area (Å²) in [5.74, 6) is -7.30. The third-order valence-electron chi connectivity index (χ3n) is 7.89. The van der Waals surface area contributed by atoms with E-state index in [4.69, 9.17) is 26.7 Å². The lowest BCUT2D eigenvalue weighted by Gasteiger charge is -2.20. The van der Waals surface area contributed by atoms with Gasteiger partial charge >= 0.3 is 23.6 Å². The molecule has 4 heterocycles. The van der Waals surface area contributed by atoms with Crippen LogP contribution in [0.15, 0.2) is 47.5 Å². The minimum atomic E-state index is -3.96. The van der Waals surface area contributed by atoms with Crippen LogP contribution in [0.1, 0.15) is 53.5 Å². The topological polar surface area (TPSA) is 287 Å². The van der Waals surface area contributed by atoms with Gasteiger partial charge in [-0.3, -0.25) is 14.2 Å². The lowest BCUT2D eigenvalue weighted by molar-refractivity contribution is -0.151. The van der Waals surface area contributed by atoms with Crippen molar-refractivity contribution in [2.24, 2.45) is 0 Å². The third-order valence-corrected chi connectivity index (χ3v) is 7.89. The zero-order valence-corrected chi connectivity index (χ0v) is 26.3. The normalized spacial score (nSPS) is 19.5. The Balaban J connectivity index is 1.12. The Morgan fingerprint density at radius 1 is 1.10 bits per heavy atom. The smallest absolute Gasteiger partial charge is 0.351 e. The van der Waals surface area contributed by atoms with Gasteiger partial charge in [0.25, 0.3) is 5.91 Å². The molecule has 1 aromatic carbocycles. The molecule has 0 aliphatic carbocycles. The number of aliphatic hydroxyl groups is 1. The number of rotatable bonds is 12. The first-order valence-corrected chi connectivity index (χ1v) is 15.0. The number of hydrogen-bond acceptors (Lipinski definition) is 15. The largest absolute Gasteiger partial charge is 0.480 e. The van der Waals surface area contributed by atoms with Crippen LogP contribution in [0, 0.1) is 0 Å². The van der Waals surface area contributed by atoms with Crippen molar-refractivity contribution >= 4 is 46.6 Å². The molecule has 20 heteroatoms. The SMILES string of the molecule is CC(Cc1cnc2nc(N)nc(N)c2n1)c1ccc(C(=O)NC(CCC(=O)OCC2O[C@@H](n3ccc(N)nc3=O)C(F)(F)C2O)C(=O)O)cc1. The van der Waals surface area contributed by atoms with E-state index < -0.39 is 73.4 Å². The molecule has 0 spiro atoms. The summed E-state index contributed by atoms with van der Waals surface area (Å²) in [5.41, 5.74) is 17.9. The first kappa shape index (κ1) is 35.4. The molecule has 1 aliphatic heterocycles. The number of alkyl halides is 2. The molecular formula is C30H32F2N10O8. The molecule has 18 nitrogen and oxygen atoms in total. The molecule has 264 valence electrons. The van der Waals surface area contributed by atoms with Crippen LogP contribution < -0.4 is 28.2 Å². The van der Waals surface area contributed by atoms with E-state index >= 15 is 0 Å². The average Bonchev–Trinajstić information content (AvgIpc) is 3.29. The summed E-state index contributed by atoms with van der Waals surface area (Å²) in [5, 5.41) is 22.1. The summed E-state index contributed by atoms with van der Waals surface area (Å²) in [6, 6.07) is 6.02. The summed E-state index contributed by atoms with van der Waals surface area (Å²) >= 11 is 0. The van der Waals surface area contributed by atoms with Gasteiger partial charge in [-0.1, -0.05) is 19.1 Å². The monoisotopic (exact) mass is 698 g/mol. The van der Waals surface area contributed by atoms with Gasteiger partial charge in [0.05, 0.1) is 11.9 Å². The third kappa shape index (κ3) is 7.70. The van der Waals surface area contributed by atoms with Crippen LogP contribution in [-0.4, -0.2) is 88.3 Å². The number of carboxylic acid groups (broad SMARTS) is 1. The van der Waals surface area contributed by atoms with E-state index in [2.05, 4.69) is 30.2 Å². The number of nitrogen functional groups attached to an aromatic ring is 3. The molecule has 0 saturated carbocycles. The predicted molar refractivity (Wildman–Crippen MR) is 169 cm³/mol. The zero-order chi connectivity index (χ0) is 36.3. The number of aliphatic hydroxyl groups excluding tert-OH is 1. The minimum Gasteiger partial charge on any atom is -0.480 e. The van der Waals surface area contributed by atoms with Gasteiger partial charge in [0.15, 0.2) is 23.1 Å². The van der Waals surface area contributed by atoms with Crippen LogP contribution in [0.5, 0.6) is 0 Å². The number of halogens is 2. The number of anilines is 3. The highest BCUT2D eigenvalue weighted by atomic mass is 19.3. The van der Waals surface area contributed by atoms with Crippen LogP contribution in [-0.2, 0) is 25.5 Å². The van der Waals surface area contributed by atoms with Crippen molar-refractivity contribution in [2.75, 3.05) is 23.8 Å². The summed E-state index contributed by atoms with van der Waals surface area (Å²) in [6.45, 7) is 1.11. The Kier molecular flexibility index (Phi) is 10.1. The van der Waals surface area contributed by atoms with Crippen molar-refractivity contribution in [3.05, 3.63) is 70.0 Å². The molecule has 5 atom stereocenters. The summed E-state index contributed by atoms with van der Waals surface area (Å²) < 4.78 is 39.9. The fraction of sp³-hybridized carbons (Fsp3) is 0.367. The second-order valence-electron chi connectivity index (χ2n) is 11.5. The number of ether oxygens (including phenoxy) is 2. The predicted octanol–water partition coefficient (Wildman–Crippen LogP) is 0.170. The highest BCUT2D eigenvalue weighted by Crippen LogP contribution is 2.42. The minimum absolute atomic E-state index is 0.0140. The number of nitrogens with two attached hydrogens (primary N) is 3. The average molecular weight is 699 g/mol. The number of carboxylic acids is 1. The number of aromatic nitrogens is 6. The molecule has 0 bridgehead atoms. The summed E-state index contributed by atoms with van der Waals surface area (Å²) in [4.78, 5) is 69.1. The molecule has 4 unspecified atom stereocenters. The molecule has 5 rings (SSSR count). The Morgan fingerprint density at radius 3 is 2.50 bits per heavy atom. The first-order valence-electron chi connectivity index (χ1n) is 15.0. The Morgan fingerprint density at radius 2 is 1.82 bits per heavy atom. The molecule has 4 aromatic rings. The number of nitrogens with zero attached hydrogens (tertiary/aromatic N) is 6. The number of nitrogens with one attached hydrogen (secondary N) is 1. The van der Waals surface area contributed by atoms with E-state index in [1.54, 1.807) is 18.3 Å². The van der Waals surface area contributed by atoms with Crippen molar-refractivity contribution in [1.82, 2.24) is 34.8 Å². The van der Waals surface area contributed by atoms with Crippen LogP contribution in [0.25, 0.3) is 11.2 Å². The van der Waals surface area contributed by atoms with Crippen molar-refractivity contribution in [2.45, 2.75) is 62.5 Å². The fourth-order valence-corrected chi connectivity index (χ4v) is 5.19. The summed E-state index contributed by atoms with van der Waals surface area (Å²) in [7, 11) is 0. The van der Waals surface area contributed by atoms with Crippen LogP contribution in [0.3, 0.4) is 0 Å². The Labute approximate surface area is 280 Å². The van der Waals surface area contributed by atoms with Crippen molar-refractivity contribution in [3.8, 4) is 0 Å². The van der Waals surface area contributed by atoms with Crippen LogP contribution in [0.4, 0.5) is 26.4 Å². The van der Waals surface area contributed by atoms with Gasteiger partial charge in [-0.05, 0) is 42.5 Å². The molecular weight excluding hydrogens is 666 g/mol. The van der Waals surface area contributed by atoms with Gasteiger partial charge in [0.2, 0.25) is 12.2 Å². The maximum Gasteiger partial charge on any atom is 0.351 e. The highest BCUT2D eigenvalue weighted by molar-refractivity contribution is 5.96. The second-order valence-corrected chi connectivity index (χ2v) is 11.5. The van der Waals surface area contributed by atoms with Crippen molar-refractivity contribution < 1.29 is 42.9 Å². The van der Waals surface area contributed by atoms with E-state index in [1.807, 2.05) is 6.92 Å². The van der Waals surface area contributed by atoms with Gasteiger partial charge < -0.3 is 42.2 Å². The number of carbonyl (C=O) groups excluding carboxylic acids is 2. The van der Waals surface area contributed by atoms with Crippen LogP contribution in [0.2, 0.25) is 0 Å². The van der Waals surface area contributed by atoms with E-state index in [0.717, 1.165) is 17.8 Å². The van der Waals surface area contributed by atoms with Crippen molar-refractivity contribution in [1.29, 1.82) is 0 Å². The van der Waals surface area contributed by atoms with Gasteiger partial charge in [0.1, 0.15) is 24.6 Å². The number of amides is 1. The number of esters is 1. The van der Waals surface area contributed by atoms with Crippen molar-refractivity contribution in [3.63, 3.8) is 0 Å². The second kappa shape index (κ2) is 14.3. The van der Waals surface area contributed by atoms with Gasteiger partial charge in [-0.15, -0.1) is 0 Å². The van der Waals surface area contributed by atoms with Gasteiger partial charge in [-0.25, -0.2) is 19.6 Å². The van der Waals surface area contributed by atoms with E-state index in [9.17, 15) is 38.2 Å². The number of hydrogen-bond donors (Lipinski definition) is 6. The van der Waals surface area contributed by atoms with Crippen LogP contribution >= 0.6 is 0 Å². The molecule has 1 amide bonds. The maximum atomic E-state index is 14.7. The number of carbonyl (C=O) groups is 3. The molecule has 1 saturated heterocycles. The summed E-state index contributed by atoms with van der Waals surface area (Å²) in [6.07, 6.45) is -4.41. The fourth-order valence-electron chi connectivity index (χ4n) is 5.19. The van der Waals surface area contributed by atoms with Gasteiger partial charge in [0, 0.05) is 18.2 Å². The molecule has 1 fully saturated rings. The Bertz CT molecular complexity index is 1980. The Hall–Kier alpha value is -5.89. The highest BCUT2D eigenvalue weighted by Gasteiger charge is 2.60. The molecule has 9 N–H and O–H groups in total. The quantitative estimate of drug-likeness (QED) is 0.107. The van der Waals surface area contributed by atoms with Gasteiger partial charge in [-0.2, -0.15) is 23.7 Å². The number of fused-ring (bicyclic) bond motifs is 1. The number of aliphatic carboxylic acids is 1. The van der Waals surface area contributed by atoms with E-state index in [0.29, 0.717) is 22.2 Å². The number of benzene rings is 1. The van der Waals surface area contributed by atoms with E-state index in [-0.39, 0.29) is 34.7 Å². The maximum absolute atomic E-state index is 14.7. The molecule has 0 radical (unpaired) electrons. The first-order chi connectivity index (χ1) is 23.6. The molecule has 1 aliphatic rings. The van der Waals surface area contributed by atoms with E-state index in [1.165, 1.54) is 12.1 Å². The molecule has 50 heavy (non-hydrogen) atoms. The molecule has 3 aromatic heterocycles. The lowest BCUT2D eigenvalue weighted by atomic mass is 9.95.